The molecule has 7 nitrogen and oxygen atoms in total. The van der Waals surface area contributed by atoms with E-state index >= 15 is 0 Å². The fourth-order valence-electron chi connectivity index (χ4n) is 2.66. The predicted octanol–water partition coefficient (Wildman–Crippen LogP) is 0.147. The number of hydrogen-bond donors (Lipinski definition) is 3. The van der Waals surface area contributed by atoms with Gasteiger partial charge in [0.1, 0.15) is 5.54 Å². The number of carboxylic acid groups (broad SMARTS) is 1. The van der Waals surface area contributed by atoms with Gasteiger partial charge in [-0.2, -0.15) is 0 Å². The first kappa shape index (κ1) is 14.6. The third-order valence-corrected chi connectivity index (χ3v) is 4.39. The van der Waals surface area contributed by atoms with Crippen LogP contribution in [0.25, 0.3) is 0 Å². The maximum absolute atomic E-state index is 12.2. The SMILES string of the molecule is CC(NC(=O)N1CCC(C(N)=O)CC1)(C(=O)O)C1CC1. The first-order valence-corrected chi connectivity index (χ1v) is 6.94. The average Bonchev–Trinajstić information content (AvgIpc) is 3.23. The lowest BCUT2D eigenvalue weighted by Crippen LogP contribution is -2.58. The number of amides is 3. The molecule has 20 heavy (non-hydrogen) atoms. The van der Waals surface area contributed by atoms with Crippen LogP contribution in [0.1, 0.15) is 32.6 Å². The van der Waals surface area contributed by atoms with Crippen molar-refractivity contribution in [1.29, 1.82) is 0 Å². The summed E-state index contributed by atoms with van der Waals surface area (Å²) in [6.07, 6.45) is 2.73. The smallest absolute Gasteiger partial charge is 0.329 e. The molecule has 112 valence electrons. The number of primary amides is 1. The van der Waals surface area contributed by atoms with Crippen LogP contribution in [0.5, 0.6) is 0 Å². The van der Waals surface area contributed by atoms with Crippen LogP contribution in [-0.2, 0) is 9.59 Å². The highest BCUT2D eigenvalue weighted by atomic mass is 16.4. The van der Waals surface area contributed by atoms with Crippen molar-refractivity contribution in [2.75, 3.05) is 13.1 Å². The molecule has 7 heteroatoms. The van der Waals surface area contributed by atoms with E-state index < -0.39 is 11.5 Å². The number of nitrogens with two attached hydrogens (primary N) is 1. The van der Waals surface area contributed by atoms with E-state index in [1.165, 1.54) is 0 Å². The van der Waals surface area contributed by atoms with Crippen molar-refractivity contribution in [3.8, 4) is 0 Å². The van der Waals surface area contributed by atoms with Crippen LogP contribution in [0, 0.1) is 11.8 Å². The monoisotopic (exact) mass is 283 g/mol. The second kappa shape index (κ2) is 5.30. The number of piperidine rings is 1. The summed E-state index contributed by atoms with van der Waals surface area (Å²) in [5, 5.41) is 12.0. The van der Waals surface area contributed by atoms with E-state index in [-0.39, 0.29) is 23.8 Å². The van der Waals surface area contributed by atoms with Crippen molar-refractivity contribution in [2.45, 2.75) is 38.1 Å². The molecule has 0 aromatic carbocycles. The zero-order valence-electron chi connectivity index (χ0n) is 11.6. The van der Waals surface area contributed by atoms with Crippen LogP contribution in [0.3, 0.4) is 0 Å². The fourth-order valence-corrected chi connectivity index (χ4v) is 2.66. The Morgan fingerprint density at radius 3 is 2.15 bits per heavy atom. The average molecular weight is 283 g/mol. The highest BCUT2D eigenvalue weighted by Crippen LogP contribution is 2.39. The highest BCUT2D eigenvalue weighted by Gasteiger charge is 2.49. The molecule has 1 saturated heterocycles. The first-order chi connectivity index (χ1) is 9.34. The third-order valence-electron chi connectivity index (χ3n) is 4.39. The van der Waals surface area contributed by atoms with Crippen molar-refractivity contribution in [2.24, 2.45) is 17.6 Å². The Balaban J connectivity index is 1.92. The molecule has 0 radical (unpaired) electrons. The maximum atomic E-state index is 12.2. The van der Waals surface area contributed by atoms with Gasteiger partial charge in [0, 0.05) is 19.0 Å². The Morgan fingerprint density at radius 2 is 1.75 bits per heavy atom. The number of carbonyl (C=O) groups excluding carboxylic acids is 2. The zero-order chi connectivity index (χ0) is 14.9. The zero-order valence-corrected chi connectivity index (χ0v) is 11.6. The topological polar surface area (TPSA) is 113 Å². The summed E-state index contributed by atoms with van der Waals surface area (Å²) >= 11 is 0. The molecule has 4 N–H and O–H groups in total. The van der Waals surface area contributed by atoms with Crippen LogP contribution in [0.2, 0.25) is 0 Å². The molecule has 0 bridgehead atoms. The van der Waals surface area contributed by atoms with Gasteiger partial charge in [0.15, 0.2) is 0 Å². The van der Waals surface area contributed by atoms with Crippen molar-refractivity contribution in [3.05, 3.63) is 0 Å². The molecular weight excluding hydrogens is 262 g/mol. The number of carboxylic acids is 1. The second-order valence-corrected chi connectivity index (χ2v) is 5.88. The largest absolute Gasteiger partial charge is 0.480 e. The Bertz CT molecular complexity index is 427. The second-order valence-electron chi connectivity index (χ2n) is 5.88. The number of rotatable bonds is 4. The molecule has 1 aliphatic carbocycles. The Labute approximate surface area is 117 Å². The molecule has 1 heterocycles. The molecule has 0 spiro atoms. The Hall–Kier alpha value is -1.79. The minimum atomic E-state index is -1.20. The van der Waals surface area contributed by atoms with Gasteiger partial charge in [-0.1, -0.05) is 0 Å². The van der Waals surface area contributed by atoms with Gasteiger partial charge in [0.05, 0.1) is 0 Å². The third kappa shape index (κ3) is 2.86. The van der Waals surface area contributed by atoms with Crippen molar-refractivity contribution < 1.29 is 19.5 Å². The molecule has 0 aromatic heterocycles. The molecule has 1 aliphatic heterocycles. The van der Waals surface area contributed by atoms with Crippen LogP contribution in [-0.4, -0.2) is 46.5 Å². The number of likely N-dealkylation sites (tertiary alicyclic amines) is 1. The molecule has 0 aromatic rings. The van der Waals surface area contributed by atoms with E-state index in [2.05, 4.69) is 5.32 Å². The van der Waals surface area contributed by atoms with Crippen molar-refractivity contribution >= 4 is 17.9 Å². The summed E-state index contributed by atoms with van der Waals surface area (Å²) in [6, 6.07) is -0.371. The molecule has 1 saturated carbocycles. The summed E-state index contributed by atoms with van der Waals surface area (Å²) < 4.78 is 0. The molecular formula is C13H21N3O4. The number of aliphatic carboxylic acids is 1. The molecule has 1 atom stereocenters. The normalized spacial score (nSPS) is 22.9. The summed E-state index contributed by atoms with van der Waals surface area (Å²) in [6.45, 7) is 2.42. The summed E-state index contributed by atoms with van der Waals surface area (Å²) in [4.78, 5) is 36.2. The summed E-state index contributed by atoms with van der Waals surface area (Å²) in [5.41, 5.74) is 4.05. The van der Waals surface area contributed by atoms with E-state index in [0.29, 0.717) is 25.9 Å². The lowest BCUT2D eigenvalue weighted by atomic mass is 9.95. The van der Waals surface area contributed by atoms with Gasteiger partial charge in [0.25, 0.3) is 0 Å². The fraction of sp³-hybridized carbons (Fsp3) is 0.769. The van der Waals surface area contributed by atoms with E-state index in [9.17, 15) is 19.5 Å². The van der Waals surface area contributed by atoms with E-state index in [1.54, 1.807) is 11.8 Å². The van der Waals surface area contributed by atoms with Crippen molar-refractivity contribution in [1.82, 2.24) is 10.2 Å². The first-order valence-electron chi connectivity index (χ1n) is 6.94. The number of urea groups is 1. The van der Waals surface area contributed by atoms with Gasteiger partial charge in [-0.25, -0.2) is 9.59 Å². The number of carbonyl (C=O) groups is 3. The van der Waals surface area contributed by atoms with Gasteiger partial charge < -0.3 is 21.1 Å². The minimum Gasteiger partial charge on any atom is -0.480 e. The number of nitrogens with one attached hydrogen (secondary N) is 1. The standard InChI is InChI=1S/C13H21N3O4/c1-13(11(18)19,9-2-3-9)15-12(20)16-6-4-8(5-7-16)10(14)17/h8-9H,2-7H2,1H3,(H2,14,17)(H,15,20)(H,18,19). The van der Waals surface area contributed by atoms with E-state index in [4.69, 9.17) is 5.73 Å². The van der Waals surface area contributed by atoms with Gasteiger partial charge in [0.2, 0.25) is 5.91 Å². The molecule has 2 fully saturated rings. The van der Waals surface area contributed by atoms with Gasteiger partial charge >= 0.3 is 12.0 Å². The summed E-state index contributed by atoms with van der Waals surface area (Å²) in [5.74, 6) is -1.51. The van der Waals surface area contributed by atoms with Gasteiger partial charge in [-0.3, -0.25) is 4.79 Å². The van der Waals surface area contributed by atoms with Crippen LogP contribution in [0.4, 0.5) is 4.79 Å². The number of nitrogens with zero attached hydrogens (tertiary/aromatic N) is 1. The Kier molecular flexibility index (Phi) is 3.87. The minimum absolute atomic E-state index is 0.00658. The Morgan fingerprint density at radius 1 is 1.20 bits per heavy atom. The predicted molar refractivity (Wildman–Crippen MR) is 70.8 cm³/mol. The van der Waals surface area contributed by atoms with E-state index in [0.717, 1.165) is 12.8 Å². The molecule has 3 amide bonds. The van der Waals surface area contributed by atoms with Crippen LogP contribution < -0.4 is 11.1 Å². The lowest BCUT2D eigenvalue weighted by Gasteiger charge is -2.34. The quantitative estimate of drug-likeness (QED) is 0.681. The number of hydrogen-bond acceptors (Lipinski definition) is 3. The molecule has 1 unspecified atom stereocenters. The van der Waals surface area contributed by atoms with Crippen LogP contribution in [0.15, 0.2) is 0 Å². The molecule has 2 rings (SSSR count). The summed E-state index contributed by atoms with van der Waals surface area (Å²) in [7, 11) is 0. The highest BCUT2D eigenvalue weighted by molar-refractivity contribution is 5.86. The van der Waals surface area contributed by atoms with E-state index in [1.807, 2.05) is 0 Å². The lowest BCUT2D eigenvalue weighted by molar-refractivity contribution is -0.144. The van der Waals surface area contributed by atoms with Gasteiger partial charge in [-0.05, 0) is 38.5 Å². The van der Waals surface area contributed by atoms with Crippen molar-refractivity contribution in [3.63, 3.8) is 0 Å². The van der Waals surface area contributed by atoms with Crippen LogP contribution >= 0.6 is 0 Å². The molecule has 2 aliphatic rings. The maximum Gasteiger partial charge on any atom is 0.329 e. The van der Waals surface area contributed by atoms with Gasteiger partial charge in [-0.15, -0.1) is 0 Å².